The van der Waals surface area contributed by atoms with Crippen molar-refractivity contribution in [2.75, 3.05) is 21.0 Å². The van der Waals surface area contributed by atoms with Crippen LogP contribution in [0.4, 0.5) is 0 Å². The third kappa shape index (κ3) is 5.28. The molecule has 4 heteroatoms. The highest BCUT2D eigenvalue weighted by Gasteiger charge is 2.13. The summed E-state index contributed by atoms with van der Waals surface area (Å²) in [6, 6.07) is 20.4. The van der Waals surface area contributed by atoms with Crippen LogP contribution in [0.3, 0.4) is 0 Å². The molecule has 0 unspecified atom stereocenters. The van der Waals surface area contributed by atoms with Gasteiger partial charge >= 0.3 is 5.97 Å². The molecule has 4 nitrogen and oxygen atoms in total. The summed E-state index contributed by atoms with van der Waals surface area (Å²) in [7, 11) is 3.02. The monoisotopic (exact) mass is 404 g/mol. The summed E-state index contributed by atoms with van der Waals surface area (Å²) in [5, 5.41) is 0. The first-order valence-corrected chi connectivity index (χ1v) is 9.97. The van der Waals surface area contributed by atoms with E-state index in [-0.39, 0.29) is 12.8 Å². The smallest absolute Gasteiger partial charge is 0.337 e. The normalized spacial score (nSPS) is 10.7. The number of benzene rings is 3. The molecule has 0 atom stereocenters. The van der Waals surface area contributed by atoms with Gasteiger partial charge in [-0.15, -0.1) is 0 Å². The zero-order valence-electron chi connectivity index (χ0n) is 18.0. The molecule has 3 rings (SSSR count). The molecule has 0 radical (unpaired) electrons. The van der Waals surface area contributed by atoms with E-state index < -0.39 is 0 Å². The topological polar surface area (TPSA) is 44.8 Å². The maximum atomic E-state index is 11.9. The van der Waals surface area contributed by atoms with E-state index in [1.807, 2.05) is 50.2 Å². The van der Waals surface area contributed by atoms with E-state index in [4.69, 9.17) is 14.2 Å². The van der Waals surface area contributed by atoms with Crippen molar-refractivity contribution in [2.45, 2.75) is 26.7 Å². The fraction of sp³-hybridized carbons (Fsp3) is 0.269. The maximum absolute atomic E-state index is 11.9. The van der Waals surface area contributed by atoms with Crippen molar-refractivity contribution in [3.05, 3.63) is 99.6 Å². The largest absolute Gasteiger partial charge is 0.467 e. The van der Waals surface area contributed by atoms with Crippen LogP contribution in [-0.2, 0) is 22.3 Å². The second-order valence-corrected chi connectivity index (χ2v) is 7.41. The first kappa shape index (κ1) is 21.6. The molecule has 0 aliphatic rings. The fourth-order valence-corrected chi connectivity index (χ4v) is 3.67. The lowest BCUT2D eigenvalue weighted by Crippen LogP contribution is -2.06. The number of methoxy groups -OCH3 is 2. The van der Waals surface area contributed by atoms with Gasteiger partial charge in [-0.3, -0.25) is 0 Å². The quantitative estimate of drug-likeness (QED) is 0.380. The molecule has 0 spiro atoms. The molecule has 0 aliphatic heterocycles. The van der Waals surface area contributed by atoms with Crippen LogP contribution in [0, 0.1) is 13.8 Å². The summed E-state index contributed by atoms with van der Waals surface area (Å²) in [4.78, 5) is 11.9. The van der Waals surface area contributed by atoms with Gasteiger partial charge in [0.15, 0.2) is 6.79 Å². The van der Waals surface area contributed by atoms with Gasteiger partial charge in [-0.05, 0) is 71.8 Å². The second-order valence-electron chi connectivity index (χ2n) is 7.41. The Balaban J connectivity index is 1.91. The van der Waals surface area contributed by atoms with Crippen molar-refractivity contribution >= 4 is 5.97 Å². The van der Waals surface area contributed by atoms with Crippen molar-refractivity contribution in [3.8, 4) is 5.75 Å². The third-order valence-corrected chi connectivity index (χ3v) is 5.19. The third-order valence-electron chi connectivity index (χ3n) is 5.19. The second kappa shape index (κ2) is 10.1. The SMILES string of the molecule is COCOc1ccc(Cc2c(C)cc(C(=O)OC)cc2C)cc1Cc1ccccc1. The van der Waals surface area contributed by atoms with E-state index in [2.05, 4.69) is 24.3 Å². The zero-order valence-corrected chi connectivity index (χ0v) is 18.0. The van der Waals surface area contributed by atoms with Crippen molar-refractivity contribution in [1.29, 1.82) is 0 Å². The molecule has 156 valence electrons. The molecular formula is C26H28O4. The van der Waals surface area contributed by atoms with Crippen LogP contribution in [-0.4, -0.2) is 27.0 Å². The van der Waals surface area contributed by atoms with Crippen LogP contribution >= 0.6 is 0 Å². The molecule has 0 aromatic heterocycles. The molecule has 30 heavy (non-hydrogen) atoms. The molecule has 3 aromatic rings. The number of esters is 1. The van der Waals surface area contributed by atoms with Gasteiger partial charge in [0.2, 0.25) is 0 Å². The Bertz CT molecular complexity index is 986. The fourth-order valence-electron chi connectivity index (χ4n) is 3.67. The first-order chi connectivity index (χ1) is 14.5. The van der Waals surface area contributed by atoms with Gasteiger partial charge in [-0.2, -0.15) is 0 Å². The van der Waals surface area contributed by atoms with Crippen LogP contribution in [0.2, 0.25) is 0 Å². The molecule has 0 amide bonds. The zero-order chi connectivity index (χ0) is 21.5. The lowest BCUT2D eigenvalue weighted by Gasteiger charge is -2.15. The molecule has 0 saturated heterocycles. The molecule has 0 fully saturated rings. The van der Waals surface area contributed by atoms with Crippen LogP contribution < -0.4 is 4.74 Å². The van der Waals surface area contributed by atoms with E-state index in [1.165, 1.54) is 23.8 Å². The number of rotatable bonds is 8. The minimum absolute atomic E-state index is 0.217. The molecular weight excluding hydrogens is 376 g/mol. The number of aryl methyl sites for hydroxylation is 2. The average molecular weight is 405 g/mol. The summed E-state index contributed by atoms with van der Waals surface area (Å²) in [6.07, 6.45) is 1.57. The standard InChI is InChI=1S/C26H28O4/c1-18-12-23(26(27)29-4)13-19(2)24(18)16-21-10-11-25(30-17-28-3)22(15-21)14-20-8-6-5-7-9-20/h5-13,15H,14,16-17H2,1-4H3. The van der Waals surface area contributed by atoms with Gasteiger partial charge in [0.1, 0.15) is 5.75 Å². The minimum atomic E-state index is -0.308. The van der Waals surface area contributed by atoms with Gasteiger partial charge in [0.25, 0.3) is 0 Å². The van der Waals surface area contributed by atoms with Crippen molar-refractivity contribution in [2.24, 2.45) is 0 Å². The Morgan fingerprint density at radius 1 is 0.833 bits per heavy atom. The Hall–Kier alpha value is -3.11. The summed E-state index contributed by atoms with van der Waals surface area (Å²) in [6.45, 7) is 4.29. The lowest BCUT2D eigenvalue weighted by atomic mass is 9.92. The predicted molar refractivity (Wildman–Crippen MR) is 118 cm³/mol. The summed E-state index contributed by atoms with van der Waals surface area (Å²) >= 11 is 0. The summed E-state index contributed by atoms with van der Waals surface area (Å²) in [5.41, 5.74) is 7.52. The number of carbonyl (C=O) groups is 1. The van der Waals surface area contributed by atoms with Crippen LogP contribution in [0.5, 0.6) is 5.75 Å². The van der Waals surface area contributed by atoms with Gasteiger partial charge in [0, 0.05) is 13.5 Å². The average Bonchev–Trinajstić information content (AvgIpc) is 2.75. The predicted octanol–water partition coefficient (Wildman–Crippen LogP) is 5.25. The molecule has 0 aliphatic carbocycles. The molecule has 3 aromatic carbocycles. The van der Waals surface area contributed by atoms with Gasteiger partial charge in [-0.1, -0.05) is 42.5 Å². The van der Waals surface area contributed by atoms with Crippen LogP contribution in [0.1, 0.15) is 43.7 Å². The summed E-state index contributed by atoms with van der Waals surface area (Å²) < 4.78 is 15.7. The lowest BCUT2D eigenvalue weighted by molar-refractivity contribution is 0.0505. The molecule has 0 saturated carbocycles. The Morgan fingerprint density at radius 2 is 1.53 bits per heavy atom. The van der Waals surface area contributed by atoms with E-state index in [1.54, 1.807) is 7.11 Å². The molecule has 0 N–H and O–H groups in total. The van der Waals surface area contributed by atoms with Crippen LogP contribution in [0.25, 0.3) is 0 Å². The van der Waals surface area contributed by atoms with Gasteiger partial charge in [-0.25, -0.2) is 4.79 Å². The van der Waals surface area contributed by atoms with E-state index >= 15 is 0 Å². The van der Waals surface area contributed by atoms with Crippen molar-refractivity contribution < 1.29 is 19.0 Å². The number of carbonyl (C=O) groups excluding carboxylic acids is 1. The molecule has 0 bridgehead atoms. The Kier molecular flexibility index (Phi) is 7.26. The minimum Gasteiger partial charge on any atom is -0.467 e. The van der Waals surface area contributed by atoms with Gasteiger partial charge < -0.3 is 14.2 Å². The number of hydrogen-bond acceptors (Lipinski definition) is 4. The van der Waals surface area contributed by atoms with Gasteiger partial charge in [0.05, 0.1) is 12.7 Å². The number of hydrogen-bond donors (Lipinski definition) is 0. The van der Waals surface area contributed by atoms with Crippen molar-refractivity contribution in [1.82, 2.24) is 0 Å². The van der Waals surface area contributed by atoms with E-state index in [0.717, 1.165) is 35.3 Å². The maximum Gasteiger partial charge on any atom is 0.337 e. The van der Waals surface area contributed by atoms with E-state index in [9.17, 15) is 4.79 Å². The highest BCUT2D eigenvalue weighted by Crippen LogP contribution is 2.27. The highest BCUT2D eigenvalue weighted by molar-refractivity contribution is 5.90. The molecule has 0 heterocycles. The Morgan fingerprint density at radius 3 is 2.17 bits per heavy atom. The van der Waals surface area contributed by atoms with Crippen LogP contribution in [0.15, 0.2) is 60.7 Å². The Labute approximate surface area is 178 Å². The highest BCUT2D eigenvalue weighted by atomic mass is 16.7. The first-order valence-electron chi connectivity index (χ1n) is 9.97. The summed E-state index contributed by atoms with van der Waals surface area (Å²) in [5.74, 6) is 0.525. The number of ether oxygens (including phenoxy) is 3. The van der Waals surface area contributed by atoms with Crippen molar-refractivity contribution in [3.63, 3.8) is 0 Å². The van der Waals surface area contributed by atoms with E-state index in [0.29, 0.717) is 5.56 Å².